The molecule has 3 aromatic rings. The van der Waals surface area contributed by atoms with Crippen molar-refractivity contribution in [2.45, 2.75) is 6.10 Å². The molecule has 0 amide bonds. The van der Waals surface area contributed by atoms with Crippen LogP contribution in [0.1, 0.15) is 0 Å². The van der Waals surface area contributed by atoms with Crippen LogP contribution in [0.4, 0.5) is 0 Å². The van der Waals surface area contributed by atoms with Gasteiger partial charge in [-0.1, -0.05) is 47.0 Å². The average molecular weight is 310 g/mol. The Balaban J connectivity index is 1.64. The van der Waals surface area contributed by atoms with Crippen LogP contribution in [-0.4, -0.2) is 28.9 Å². The zero-order chi connectivity index (χ0) is 14.8. The van der Waals surface area contributed by atoms with Gasteiger partial charge in [-0.05, 0) is 29.2 Å². The van der Waals surface area contributed by atoms with Gasteiger partial charge in [-0.3, -0.25) is 0 Å². The Morgan fingerprint density at radius 1 is 1.09 bits per heavy atom. The largest absolute Gasteiger partial charge is 0.491 e. The van der Waals surface area contributed by atoms with Crippen molar-refractivity contribution in [1.29, 1.82) is 0 Å². The second kappa shape index (κ2) is 5.87. The van der Waals surface area contributed by atoms with Gasteiger partial charge in [0.15, 0.2) is 0 Å². The molecule has 1 aliphatic heterocycles. The Bertz CT molecular complexity index is 769. The molecule has 1 aromatic heterocycles. The van der Waals surface area contributed by atoms with Crippen molar-refractivity contribution in [2.24, 2.45) is 0 Å². The van der Waals surface area contributed by atoms with Gasteiger partial charge in [0.25, 0.3) is 0 Å². The maximum atomic E-state index is 5.74. The van der Waals surface area contributed by atoms with E-state index in [1.165, 1.54) is 11.5 Å². The molecule has 1 aliphatic rings. The molecule has 0 spiro atoms. The Morgan fingerprint density at radius 2 is 1.91 bits per heavy atom. The monoisotopic (exact) mass is 310 g/mol. The normalized spacial score (nSPS) is 16.5. The van der Waals surface area contributed by atoms with Gasteiger partial charge in [0.2, 0.25) is 0 Å². The van der Waals surface area contributed by atoms with Crippen LogP contribution < -0.4 is 4.74 Å². The summed E-state index contributed by atoms with van der Waals surface area (Å²) in [6.07, 6.45) is 0.254. The van der Waals surface area contributed by atoms with E-state index in [1.807, 2.05) is 42.5 Å². The Labute approximate surface area is 132 Å². The molecule has 1 saturated heterocycles. The predicted molar refractivity (Wildman–Crippen MR) is 86.0 cm³/mol. The Morgan fingerprint density at radius 3 is 2.73 bits per heavy atom. The first-order chi connectivity index (χ1) is 10.9. The van der Waals surface area contributed by atoms with E-state index in [0.717, 1.165) is 34.1 Å². The molecule has 0 saturated carbocycles. The fraction of sp³-hybridized carbons (Fsp3) is 0.176. The van der Waals surface area contributed by atoms with Crippen molar-refractivity contribution >= 4 is 11.5 Å². The lowest BCUT2D eigenvalue weighted by atomic mass is 10.1. The SMILES string of the molecule is c1ccc(-c2snnc2-c2cccc(OCC3CO3)c2)cc1. The molecule has 22 heavy (non-hydrogen) atoms. The molecule has 2 aromatic carbocycles. The number of hydrogen-bond donors (Lipinski definition) is 0. The number of nitrogens with zero attached hydrogens (tertiary/aromatic N) is 2. The molecule has 110 valence electrons. The van der Waals surface area contributed by atoms with Gasteiger partial charge in [-0.15, -0.1) is 5.10 Å². The van der Waals surface area contributed by atoms with Gasteiger partial charge in [-0.2, -0.15) is 0 Å². The van der Waals surface area contributed by atoms with Gasteiger partial charge in [-0.25, -0.2) is 0 Å². The van der Waals surface area contributed by atoms with Gasteiger partial charge < -0.3 is 9.47 Å². The molecule has 0 N–H and O–H groups in total. The highest BCUT2D eigenvalue weighted by Gasteiger charge is 2.23. The topological polar surface area (TPSA) is 47.5 Å². The van der Waals surface area contributed by atoms with E-state index in [4.69, 9.17) is 9.47 Å². The summed E-state index contributed by atoms with van der Waals surface area (Å²) in [5, 5.41) is 4.30. The summed E-state index contributed by atoms with van der Waals surface area (Å²) in [6, 6.07) is 18.2. The summed E-state index contributed by atoms with van der Waals surface area (Å²) in [5.41, 5.74) is 3.04. The summed E-state index contributed by atoms with van der Waals surface area (Å²) in [6.45, 7) is 1.40. The predicted octanol–water partition coefficient (Wildman–Crippen LogP) is 3.65. The van der Waals surface area contributed by atoms with Crippen molar-refractivity contribution in [2.75, 3.05) is 13.2 Å². The molecule has 4 rings (SSSR count). The molecular weight excluding hydrogens is 296 g/mol. The number of epoxide rings is 1. The second-order valence-electron chi connectivity index (χ2n) is 5.11. The molecule has 1 atom stereocenters. The van der Waals surface area contributed by atoms with Crippen molar-refractivity contribution in [3.63, 3.8) is 0 Å². The number of aromatic nitrogens is 2. The van der Waals surface area contributed by atoms with Crippen LogP contribution in [0.3, 0.4) is 0 Å². The average Bonchev–Trinajstić information content (AvgIpc) is 3.28. The molecule has 2 heterocycles. The minimum Gasteiger partial charge on any atom is -0.491 e. The molecule has 0 radical (unpaired) electrons. The number of ether oxygens (including phenoxy) is 2. The van der Waals surface area contributed by atoms with E-state index in [0.29, 0.717) is 6.61 Å². The van der Waals surface area contributed by atoms with Crippen LogP contribution in [0.2, 0.25) is 0 Å². The fourth-order valence-electron chi connectivity index (χ4n) is 2.25. The molecule has 4 nitrogen and oxygen atoms in total. The van der Waals surface area contributed by atoms with Crippen molar-refractivity contribution in [1.82, 2.24) is 9.59 Å². The maximum Gasteiger partial charge on any atom is 0.120 e. The maximum absolute atomic E-state index is 5.74. The Hall–Kier alpha value is -2.24. The molecular formula is C17H14N2O2S. The van der Waals surface area contributed by atoms with Gasteiger partial charge in [0.1, 0.15) is 24.2 Å². The van der Waals surface area contributed by atoms with Crippen LogP contribution in [0.25, 0.3) is 21.7 Å². The highest BCUT2D eigenvalue weighted by atomic mass is 32.1. The molecule has 0 bridgehead atoms. The third-order valence-electron chi connectivity index (χ3n) is 3.47. The third kappa shape index (κ3) is 2.86. The zero-order valence-electron chi connectivity index (χ0n) is 11.8. The first-order valence-electron chi connectivity index (χ1n) is 7.13. The molecule has 5 heteroatoms. The van der Waals surface area contributed by atoms with E-state index in [9.17, 15) is 0 Å². The quantitative estimate of drug-likeness (QED) is 0.675. The summed E-state index contributed by atoms with van der Waals surface area (Å²) < 4.78 is 15.0. The number of hydrogen-bond acceptors (Lipinski definition) is 5. The Kier molecular flexibility index (Phi) is 3.58. The fourth-order valence-corrected chi connectivity index (χ4v) is 2.94. The second-order valence-corrected chi connectivity index (χ2v) is 5.86. The van der Waals surface area contributed by atoms with Crippen LogP contribution in [0.5, 0.6) is 5.75 Å². The highest BCUT2D eigenvalue weighted by Crippen LogP contribution is 2.34. The van der Waals surface area contributed by atoms with Crippen molar-refractivity contribution in [3.8, 4) is 27.4 Å². The van der Waals surface area contributed by atoms with E-state index < -0.39 is 0 Å². The van der Waals surface area contributed by atoms with Crippen molar-refractivity contribution in [3.05, 3.63) is 54.6 Å². The number of rotatable bonds is 5. The van der Waals surface area contributed by atoms with Crippen LogP contribution in [-0.2, 0) is 4.74 Å². The summed E-state index contributed by atoms with van der Waals surface area (Å²) in [5.74, 6) is 0.833. The minimum absolute atomic E-state index is 0.254. The number of benzene rings is 2. The van der Waals surface area contributed by atoms with Gasteiger partial charge in [0, 0.05) is 5.56 Å². The van der Waals surface area contributed by atoms with E-state index >= 15 is 0 Å². The first kappa shape index (κ1) is 13.4. The van der Waals surface area contributed by atoms with Gasteiger partial charge >= 0.3 is 0 Å². The lowest BCUT2D eigenvalue weighted by Crippen LogP contribution is -2.03. The lowest BCUT2D eigenvalue weighted by Gasteiger charge is -2.06. The van der Waals surface area contributed by atoms with Crippen LogP contribution in [0.15, 0.2) is 54.6 Å². The van der Waals surface area contributed by atoms with E-state index in [-0.39, 0.29) is 6.10 Å². The lowest BCUT2D eigenvalue weighted by molar-refractivity contribution is 0.263. The smallest absolute Gasteiger partial charge is 0.120 e. The minimum atomic E-state index is 0.254. The summed E-state index contributed by atoms with van der Waals surface area (Å²) >= 11 is 1.41. The highest BCUT2D eigenvalue weighted by molar-refractivity contribution is 7.09. The zero-order valence-corrected chi connectivity index (χ0v) is 12.6. The third-order valence-corrected chi connectivity index (χ3v) is 4.24. The standard InChI is InChI=1S/C17H14N2O2S/c1-2-5-12(6-3-1)17-16(18-19-22-17)13-7-4-8-14(9-13)20-10-15-11-21-15/h1-9,15H,10-11H2. The molecule has 0 aliphatic carbocycles. The van der Waals surface area contributed by atoms with E-state index in [2.05, 4.69) is 21.7 Å². The van der Waals surface area contributed by atoms with Crippen LogP contribution in [0, 0.1) is 0 Å². The van der Waals surface area contributed by atoms with Crippen LogP contribution >= 0.6 is 11.5 Å². The first-order valence-corrected chi connectivity index (χ1v) is 7.90. The summed E-state index contributed by atoms with van der Waals surface area (Å²) in [4.78, 5) is 1.07. The van der Waals surface area contributed by atoms with E-state index in [1.54, 1.807) is 0 Å². The summed E-state index contributed by atoms with van der Waals surface area (Å²) in [7, 11) is 0. The van der Waals surface area contributed by atoms with Crippen molar-refractivity contribution < 1.29 is 9.47 Å². The van der Waals surface area contributed by atoms with Gasteiger partial charge in [0.05, 0.1) is 11.5 Å². The molecule has 1 unspecified atom stereocenters. The molecule has 1 fully saturated rings.